The number of aromatic nitrogens is 1. The zero-order valence-corrected chi connectivity index (χ0v) is 17.4. The number of nitrogens with one attached hydrogen (secondary N) is 2. The van der Waals surface area contributed by atoms with Gasteiger partial charge < -0.3 is 22.1 Å². The largest absolute Gasteiger partial charge is 0.349 e. The topological polar surface area (TPSA) is 123 Å². The van der Waals surface area contributed by atoms with Gasteiger partial charge in [-0.1, -0.05) is 12.1 Å². The van der Waals surface area contributed by atoms with Crippen LogP contribution in [0.1, 0.15) is 44.7 Å². The maximum Gasteiger partial charge on any atom is 0.257 e. The molecule has 6 N–H and O–H groups in total. The summed E-state index contributed by atoms with van der Waals surface area (Å²) in [6.07, 6.45) is 3.28. The van der Waals surface area contributed by atoms with Gasteiger partial charge in [0.05, 0.1) is 11.3 Å². The Hall–Kier alpha value is -3.62. The molecular formula is C24H24FN5O2. The number of rotatable bonds is 7. The normalized spacial score (nSPS) is 13.0. The molecule has 7 nitrogen and oxygen atoms in total. The number of hydrogen-bond donors (Lipinski definition) is 4. The molecule has 1 saturated carbocycles. The average Bonchev–Trinajstić information content (AvgIpc) is 3.62. The summed E-state index contributed by atoms with van der Waals surface area (Å²) in [7, 11) is 0. The Morgan fingerprint density at radius 3 is 2.47 bits per heavy atom. The van der Waals surface area contributed by atoms with Crippen LogP contribution in [0.4, 0.5) is 10.1 Å². The van der Waals surface area contributed by atoms with E-state index in [9.17, 15) is 14.0 Å². The maximum atomic E-state index is 14.7. The lowest BCUT2D eigenvalue weighted by molar-refractivity contribution is 0.0949. The fourth-order valence-corrected chi connectivity index (χ4v) is 3.37. The van der Waals surface area contributed by atoms with Crippen molar-refractivity contribution in [3.8, 4) is 11.3 Å². The molecule has 0 aliphatic heterocycles. The second kappa shape index (κ2) is 9.25. The molecule has 164 valence electrons. The molecule has 0 unspecified atom stereocenters. The number of hydrogen-bond acceptors (Lipinski definition) is 5. The van der Waals surface area contributed by atoms with Crippen molar-refractivity contribution in [3.63, 3.8) is 0 Å². The summed E-state index contributed by atoms with van der Waals surface area (Å²) < 4.78 is 14.7. The van der Waals surface area contributed by atoms with Crippen LogP contribution in [0.25, 0.3) is 11.3 Å². The highest BCUT2D eigenvalue weighted by Gasteiger charge is 2.25. The zero-order chi connectivity index (χ0) is 22.7. The molecule has 0 atom stereocenters. The Balaban J connectivity index is 1.58. The first kappa shape index (κ1) is 21.6. The van der Waals surface area contributed by atoms with E-state index in [0.717, 1.165) is 18.4 Å². The van der Waals surface area contributed by atoms with E-state index in [1.54, 1.807) is 30.3 Å². The van der Waals surface area contributed by atoms with Crippen molar-refractivity contribution < 1.29 is 14.0 Å². The summed E-state index contributed by atoms with van der Waals surface area (Å²) in [6.45, 7) is 0.324. The van der Waals surface area contributed by atoms with Gasteiger partial charge in [-0.2, -0.15) is 0 Å². The number of benzene rings is 2. The first-order valence-electron chi connectivity index (χ1n) is 10.4. The van der Waals surface area contributed by atoms with Crippen molar-refractivity contribution in [2.45, 2.75) is 32.0 Å². The third kappa shape index (κ3) is 4.82. The molecule has 8 heteroatoms. The Morgan fingerprint density at radius 2 is 1.81 bits per heavy atom. The van der Waals surface area contributed by atoms with E-state index in [1.807, 2.05) is 12.1 Å². The number of nitrogens with zero attached hydrogens (tertiary/aromatic N) is 1. The lowest BCUT2D eigenvalue weighted by Gasteiger charge is -2.12. The van der Waals surface area contributed by atoms with Gasteiger partial charge in [-0.05, 0) is 54.8 Å². The van der Waals surface area contributed by atoms with Crippen molar-refractivity contribution in [3.05, 3.63) is 82.8 Å². The van der Waals surface area contributed by atoms with Gasteiger partial charge in [0.2, 0.25) is 0 Å². The van der Waals surface area contributed by atoms with Gasteiger partial charge in [0, 0.05) is 47.7 Å². The SMILES string of the molecule is NCc1cccc(NC(=O)c2ccc(-c3cc(C(=O)NC4CC4)cc(F)c3CN)nc2)c1. The molecule has 0 bridgehead atoms. The minimum absolute atomic E-state index is 0.0485. The van der Waals surface area contributed by atoms with Crippen molar-refractivity contribution in [1.29, 1.82) is 0 Å². The van der Waals surface area contributed by atoms with Crippen LogP contribution in [0.5, 0.6) is 0 Å². The van der Waals surface area contributed by atoms with Gasteiger partial charge in [0.25, 0.3) is 11.8 Å². The molecule has 4 rings (SSSR count). The molecular weight excluding hydrogens is 409 g/mol. The molecule has 3 aromatic rings. The monoisotopic (exact) mass is 433 g/mol. The van der Waals surface area contributed by atoms with Crippen LogP contribution in [-0.4, -0.2) is 22.8 Å². The van der Waals surface area contributed by atoms with Gasteiger partial charge in [0.15, 0.2) is 0 Å². The molecule has 0 saturated heterocycles. The van der Waals surface area contributed by atoms with Crippen molar-refractivity contribution in [2.24, 2.45) is 11.5 Å². The second-order valence-electron chi connectivity index (χ2n) is 7.73. The van der Waals surface area contributed by atoms with Crippen LogP contribution in [0, 0.1) is 5.82 Å². The lowest BCUT2D eigenvalue weighted by atomic mass is 9.99. The summed E-state index contributed by atoms with van der Waals surface area (Å²) in [6, 6.07) is 13.4. The minimum atomic E-state index is -0.561. The Labute approximate surface area is 185 Å². The average molecular weight is 433 g/mol. The van der Waals surface area contributed by atoms with Crippen molar-refractivity contribution in [2.75, 3.05) is 5.32 Å². The zero-order valence-electron chi connectivity index (χ0n) is 17.4. The molecule has 2 amide bonds. The lowest BCUT2D eigenvalue weighted by Crippen LogP contribution is -2.25. The predicted octanol–water partition coefficient (Wildman–Crippen LogP) is 2.95. The molecule has 0 spiro atoms. The smallest absolute Gasteiger partial charge is 0.257 e. The Bertz CT molecular complexity index is 1160. The minimum Gasteiger partial charge on any atom is -0.349 e. The fraction of sp³-hybridized carbons (Fsp3) is 0.208. The molecule has 1 aromatic heterocycles. The summed E-state index contributed by atoms with van der Waals surface area (Å²) in [5.41, 5.74) is 14.6. The van der Waals surface area contributed by atoms with Crippen LogP contribution in [0.3, 0.4) is 0 Å². The number of carbonyl (C=O) groups is 2. The number of carbonyl (C=O) groups excluding carboxylic acids is 2. The summed E-state index contributed by atoms with van der Waals surface area (Å²) >= 11 is 0. The number of anilines is 1. The molecule has 2 aromatic carbocycles. The van der Waals surface area contributed by atoms with E-state index in [-0.39, 0.29) is 35.5 Å². The third-order valence-corrected chi connectivity index (χ3v) is 5.30. The highest BCUT2D eigenvalue weighted by atomic mass is 19.1. The second-order valence-corrected chi connectivity index (χ2v) is 7.73. The first-order chi connectivity index (χ1) is 15.5. The van der Waals surface area contributed by atoms with Gasteiger partial charge in [-0.25, -0.2) is 4.39 Å². The number of nitrogens with two attached hydrogens (primary N) is 2. The Kier molecular flexibility index (Phi) is 6.25. The van der Waals surface area contributed by atoms with Crippen LogP contribution in [0.2, 0.25) is 0 Å². The fourth-order valence-electron chi connectivity index (χ4n) is 3.37. The van der Waals surface area contributed by atoms with Gasteiger partial charge in [0.1, 0.15) is 5.82 Å². The molecule has 1 aliphatic carbocycles. The van der Waals surface area contributed by atoms with E-state index < -0.39 is 5.82 Å². The van der Waals surface area contributed by atoms with Gasteiger partial charge in [-0.15, -0.1) is 0 Å². The Morgan fingerprint density at radius 1 is 1.00 bits per heavy atom. The van der Waals surface area contributed by atoms with Gasteiger partial charge >= 0.3 is 0 Å². The molecule has 32 heavy (non-hydrogen) atoms. The highest BCUT2D eigenvalue weighted by Crippen LogP contribution is 2.27. The first-order valence-corrected chi connectivity index (χ1v) is 10.4. The van der Waals surface area contributed by atoms with E-state index in [2.05, 4.69) is 15.6 Å². The number of halogens is 1. The quantitative estimate of drug-likeness (QED) is 0.456. The summed E-state index contributed by atoms with van der Waals surface area (Å²) in [4.78, 5) is 29.3. The molecule has 1 fully saturated rings. The van der Waals surface area contributed by atoms with Crippen molar-refractivity contribution in [1.82, 2.24) is 10.3 Å². The van der Waals surface area contributed by atoms with E-state index in [4.69, 9.17) is 11.5 Å². The highest BCUT2D eigenvalue weighted by molar-refractivity contribution is 6.04. The number of amides is 2. The van der Waals surface area contributed by atoms with Crippen LogP contribution in [0.15, 0.2) is 54.7 Å². The standard InChI is InChI=1S/C24H24FN5O2/c25-21-10-16(24(32)29-17-5-6-17)9-19(20(21)12-27)22-7-4-15(13-28-22)23(31)30-18-3-1-2-14(8-18)11-26/h1-4,7-10,13,17H,5-6,11-12,26-27H2,(H,29,32)(H,30,31). The molecule has 1 aliphatic rings. The molecule has 1 heterocycles. The maximum absolute atomic E-state index is 14.7. The van der Waals surface area contributed by atoms with E-state index in [0.29, 0.717) is 29.1 Å². The van der Waals surface area contributed by atoms with Crippen LogP contribution in [-0.2, 0) is 13.1 Å². The third-order valence-electron chi connectivity index (χ3n) is 5.30. The molecule has 0 radical (unpaired) electrons. The summed E-state index contributed by atoms with van der Waals surface area (Å²) in [5, 5.41) is 5.66. The van der Waals surface area contributed by atoms with Crippen molar-refractivity contribution >= 4 is 17.5 Å². The van der Waals surface area contributed by atoms with E-state index in [1.165, 1.54) is 12.3 Å². The number of pyridine rings is 1. The summed E-state index contributed by atoms with van der Waals surface area (Å²) in [5.74, 6) is -1.22. The predicted molar refractivity (Wildman–Crippen MR) is 120 cm³/mol. The van der Waals surface area contributed by atoms with E-state index >= 15 is 0 Å². The van der Waals surface area contributed by atoms with Crippen LogP contribution >= 0.6 is 0 Å². The van der Waals surface area contributed by atoms with Gasteiger partial charge in [-0.3, -0.25) is 14.6 Å². The van der Waals surface area contributed by atoms with Crippen LogP contribution < -0.4 is 22.1 Å².